The Hall–Kier alpha value is -1.64. The lowest BCUT2D eigenvalue weighted by molar-refractivity contribution is 0.0728. The van der Waals surface area contributed by atoms with Crippen molar-refractivity contribution in [1.82, 2.24) is 9.62 Å². The average Bonchev–Trinajstić information content (AvgIpc) is 3.22. The maximum absolute atomic E-state index is 13.4. The summed E-state index contributed by atoms with van der Waals surface area (Å²) in [6, 6.07) is 5.08. The number of carbonyl (C=O) groups is 1. The van der Waals surface area contributed by atoms with Crippen LogP contribution in [-0.2, 0) is 14.8 Å². The molecule has 1 amide bonds. The minimum atomic E-state index is -3.73. The Morgan fingerprint density at radius 2 is 1.87 bits per heavy atom. The predicted octanol–water partition coefficient (Wildman–Crippen LogP) is 2.72. The topological polar surface area (TPSA) is 79.0 Å². The van der Waals surface area contributed by atoms with Gasteiger partial charge in [-0.1, -0.05) is 20.8 Å². The maximum atomic E-state index is 13.4. The van der Waals surface area contributed by atoms with Crippen LogP contribution in [0.3, 0.4) is 0 Å². The van der Waals surface area contributed by atoms with Crippen LogP contribution in [0.2, 0.25) is 0 Å². The Labute approximate surface area is 186 Å². The molecule has 1 heterocycles. The Balaban J connectivity index is 1.65. The molecule has 0 radical (unpaired) electrons. The highest BCUT2D eigenvalue weighted by atomic mass is 32.2. The van der Waals surface area contributed by atoms with Crippen LogP contribution in [0.4, 0.5) is 5.69 Å². The van der Waals surface area contributed by atoms with Gasteiger partial charge in [0.05, 0.1) is 18.9 Å². The number of nitrogens with zero attached hydrogens (tertiary/aromatic N) is 2. The molecule has 0 aromatic heterocycles. The largest absolute Gasteiger partial charge is 0.379 e. The van der Waals surface area contributed by atoms with Gasteiger partial charge in [-0.25, -0.2) is 8.42 Å². The number of hydrogen-bond donors (Lipinski definition) is 1. The number of nitrogens with one attached hydrogen (secondary N) is 1. The standard InChI is InChI=1S/C23H35N3O4S/c1-22(2)17-8-9-23(3,15-17)21(22)24-20(27)16-6-7-18(25(4)5)19(14-16)31(28,29)26-10-12-30-13-11-26/h6-7,14,17,21H,8-13,15H2,1-5H3,(H,24,27)/t17-,21?,23-/m1/s1. The number of amides is 1. The van der Waals surface area contributed by atoms with Crippen molar-refractivity contribution in [2.45, 2.75) is 51.0 Å². The second-order valence-electron chi connectivity index (χ2n) is 10.4. The van der Waals surface area contributed by atoms with E-state index in [0.29, 0.717) is 43.5 Å². The summed E-state index contributed by atoms with van der Waals surface area (Å²) in [5, 5.41) is 3.28. The third-order valence-electron chi connectivity index (χ3n) is 7.84. The number of anilines is 1. The summed E-state index contributed by atoms with van der Waals surface area (Å²) in [6.45, 7) is 8.17. The highest BCUT2D eigenvalue weighted by molar-refractivity contribution is 7.89. The summed E-state index contributed by atoms with van der Waals surface area (Å²) < 4.78 is 33.6. The van der Waals surface area contributed by atoms with Gasteiger partial charge in [0, 0.05) is 38.8 Å². The molecule has 2 bridgehead atoms. The number of sulfonamides is 1. The molecule has 1 aromatic carbocycles. The number of morpholine rings is 1. The molecule has 3 aliphatic rings. The van der Waals surface area contributed by atoms with Crippen LogP contribution in [0.5, 0.6) is 0 Å². The van der Waals surface area contributed by atoms with Crippen molar-refractivity contribution in [1.29, 1.82) is 0 Å². The highest BCUT2D eigenvalue weighted by Gasteiger charge is 2.59. The quantitative estimate of drug-likeness (QED) is 0.748. The van der Waals surface area contributed by atoms with Gasteiger partial charge in [-0.15, -0.1) is 0 Å². The Morgan fingerprint density at radius 1 is 1.19 bits per heavy atom. The molecular weight excluding hydrogens is 414 g/mol. The maximum Gasteiger partial charge on any atom is 0.251 e. The molecule has 7 nitrogen and oxygen atoms in total. The van der Waals surface area contributed by atoms with Gasteiger partial charge in [-0.2, -0.15) is 4.31 Å². The summed E-state index contributed by atoms with van der Waals surface area (Å²) in [7, 11) is -0.110. The number of hydrogen-bond acceptors (Lipinski definition) is 5. The van der Waals surface area contributed by atoms with E-state index in [0.717, 1.165) is 12.8 Å². The fraction of sp³-hybridized carbons (Fsp3) is 0.696. The van der Waals surface area contributed by atoms with Crippen molar-refractivity contribution in [3.05, 3.63) is 23.8 Å². The Kier molecular flexibility index (Phi) is 5.63. The highest BCUT2D eigenvalue weighted by Crippen LogP contribution is 2.62. The van der Waals surface area contributed by atoms with Gasteiger partial charge in [0.15, 0.2) is 0 Å². The van der Waals surface area contributed by atoms with Crippen molar-refractivity contribution in [2.75, 3.05) is 45.3 Å². The molecule has 1 aliphatic heterocycles. The van der Waals surface area contributed by atoms with Crippen LogP contribution in [0, 0.1) is 16.7 Å². The lowest BCUT2D eigenvalue weighted by Gasteiger charge is -2.43. The summed E-state index contributed by atoms with van der Waals surface area (Å²) in [4.78, 5) is 15.2. The van der Waals surface area contributed by atoms with Crippen LogP contribution in [0.1, 0.15) is 50.4 Å². The van der Waals surface area contributed by atoms with E-state index in [2.05, 4.69) is 26.1 Å². The van der Waals surface area contributed by atoms with Crippen molar-refractivity contribution in [2.24, 2.45) is 16.7 Å². The van der Waals surface area contributed by atoms with E-state index < -0.39 is 10.0 Å². The summed E-state index contributed by atoms with van der Waals surface area (Å²) >= 11 is 0. The normalized spacial score (nSPS) is 30.4. The zero-order valence-corrected chi connectivity index (χ0v) is 20.1. The molecule has 4 rings (SSSR count). The number of benzene rings is 1. The van der Waals surface area contributed by atoms with Crippen molar-refractivity contribution < 1.29 is 17.9 Å². The van der Waals surface area contributed by atoms with Crippen LogP contribution < -0.4 is 10.2 Å². The van der Waals surface area contributed by atoms with E-state index in [1.54, 1.807) is 17.0 Å². The molecule has 2 saturated carbocycles. The minimum absolute atomic E-state index is 0.0367. The fourth-order valence-electron chi connectivity index (χ4n) is 6.03. The fourth-order valence-corrected chi connectivity index (χ4v) is 7.73. The molecule has 1 aromatic rings. The first kappa shape index (κ1) is 22.6. The Morgan fingerprint density at radius 3 is 2.45 bits per heavy atom. The summed E-state index contributed by atoms with van der Waals surface area (Å²) in [6.07, 6.45) is 3.48. The number of rotatable bonds is 5. The van der Waals surface area contributed by atoms with Gasteiger partial charge in [0.2, 0.25) is 10.0 Å². The molecule has 172 valence electrons. The number of fused-ring (bicyclic) bond motifs is 2. The Bertz CT molecular complexity index is 964. The van der Waals surface area contributed by atoms with Gasteiger partial charge in [0.1, 0.15) is 4.90 Å². The third kappa shape index (κ3) is 3.76. The molecule has 31 heavy (non-hydrogen) atoms. The SMILES string of the molecule is CN(C)c1ccc(C(=O)NC2C(C)(C)[C@@H]3CC[C@]2(C)C3)cc1S(=O)(=O)N1CCOCC1. The molecule has 0 spiro atoms. The molecular formula is C23H35N3O4S. The first-order valence-electron chi connectivity index (χ1n) is 11.2. The van der Waals surface area contributed by atoms with E-state index in [4.69, 9.17) is 4.74 Å². The smallest absolute Gasteiger partial charge is 0.251 e. The molecule has 1 saturated heterocycles. The summed E-state index contributed by atoms with van der Waals surface area (Å²) in [5.74, 6) is 0.423. The van der Waals surface area contributed by atoms with Crippen LogP contribution in [0.25, 0.3) is 0 Å². The van der Waals surface area contributed by atoms with E-state index in [1.165, 1.54) is 16.8 Å². The predicted molar refractivity (Wildman–Crippen MR) is 121 cm³/mol. The van der Waals surface area contributed by atoms with Gasteiger partial charge in [0.25, 0.3) is 5.91 Å². The van der Waals surface area contributed by atoms with E-state index in [1.807, 2.05) is 14.1 Å². The lowest BCUT2D eigenvalue weighted by Crippen LogP contribution is -2.52. The van der Waals surface area contributed by atoms with Gasteiger partial charge in [-0.05, 0) is 54.2 Å². The van der Waals surface area contributed by atoms with E-state index in [9.17, 15) is 13.2 Å². The number of carbonyl (C=O) groups excluding carboxylic acids is 1. The van der Waals surface area contributed by atoms with E-state index >= 15 is 0 Å². The average molecular weight is 450 g/mol. The third-order valence-corrected chi connectivity index (χ3v) is 9.76. The van der Waals surface area contributed by atoms with Crippen molar-refractivity contribution in [3.63, 3.8) is 0 Å². The van der Waals surface area contributed by atoms with E-state index in [-0.39, 0.29) is 27.7 Å². The molecule has 2 aliphatic carbocycles. The van der Waals surface area contributed by atoms with Crippen LogP contribution >= 0.6 is 0 Å². The first-order chi connectivity index (χ1) is 14.5. The van der Waals surface area contributed by atoms with Gasteiger partial charge >= 0.3 is 0 Å². The monoisotopic (exact) mass is 449 g/mol. The molecule has 3 atom stereocenters. The molecule has 1 N–H and O–H groups in total. The second-order valence-corrected chi connectivity index (χ2v) is 12.3. The zero-order chi connectivity index (χ0) is 22.6. The second kappa shape index (κ2) is 7.74. The minimum Gasteiger partial charge on any atom is -0.379 e. The van der Waals surface area contributed by atoms with Crippen molar-refractivity contribution >= 4 is 21.6 Å². The van der Waals surface area contributed by atoms with Crippen molar-refractivity contribution in [3.8, 4) is 0 Å². The molecule has 1 unspecified atom stereocenters. The van der Waals surface area contributed by atoms with Gasteiger partial charge in [-0.3, -0.25) is 4.79 Å². The molecule has 8 heteroatoms. The summed E-state index contributed by atoms with van der Waals surface area (Å²) in [5.41, 5.74) is 1.11. The van der Waals surface area contributed by atoms with Crippen LogP contribution in [0.15, 0.2) is 23.1 Å². The number of ether oxygens (including phenoxy) is 1. The lowest BCUT2D eigenvalue weighted by atomic mass is 9.68. The van der Waals surface area contributed by atoms with Crippen LogP contribution in [-0.4, -0.2) is 65.1 Å². The first-order valence-corrected chi connectivity index (χ1v) is 12.6. The van der Waals surface area contributed by atoms with Gasteiger partial charge < -0.3 is 15.0 Å². The zero-order valence-electron chi connectivity index (χ0n) is 19.3. The molecule has 3 fully saturated rings.